The molecule has 2 heteroatoms. The molecule has 2 rings (SSSR count). The van der Waals surface area contributed by atoms with Crippen molar-refractivity contribution in [1.82, 2.24) is 4.90 Å². The van der Waals surface area contributed by atoms with E-state index in [0.717, 1.165) is 18.5 Å². The van der Waals surface area contributed by atoms with Gasteiger partial charge in [-0.2, -0.15) is 0 Å². The van der Waals surface area contributed by atoms with Gasteiger partial charge in [0, 0.05) is 19.2 Å². The second-order valence-electron chi connectivity index (χ2n) is 5.12. The highest BCUT2D eigenvalue weighted by Gasteiger charge is 2.31. The summed E-state index contributed by atoms with van der Waals surface area (Å²) in [4.78, 5) is 2.59. The van der Waals surface area contributed by atoms with E-state index in [1.807, 2.05) is 0 Å². The fraction of sp³-hybridized carbons (Fsp3) is 1.00. The topological polar surface area (TPSA) is 23.5 Å². The third-order valence-electron chi connectivity index (χ3n) is 4.23. The number of rotatable bonds is 3. The Bertz CT molecular complexity index is 177. The van der Waals surface area contributed by atoms with Crippen LogP contribution in [-0.2, 0) is 0 Å². The van der Waals surface area contributed by atoms with Crippen LogP contribution in [0.1, 0.15) is 39.0 Å². The first-order valence-electron chi connectivity index (χ1n) is 6.16. The van der Waals surface area contributed by atoms with E-state index >= 15 is 0 Å². The monoisotopic (exact) mass is 197 g/mol. The second kappa shape index (κ2) is 4.63. The Morgan fingerprint density at radius 2 is 2.00 bits per heavy atom. The van der Waals surface area contributed by atoms with Crippen LogP contribution in [0, 0.1) is 11.8 Å². The van der Waals surface area contributed by atoms with Crippen molar-refractivity contribution >= 4 is 0 Å². The van der Waals surface area contributed by atoms with E-state index in [4.69, 9.17) is 5.11 Å². The van der Waals surface area contributed by atoms with Crippen LogP contribution in [0.25, 0.3) is 0 Å². The van der Waals surface area contributed by atoms with E-state index in [1.165, 1.54) is 38.6 Å². The van der Waals surface area contributed by atoms with Crippen LogP contribution in [0.4, 0.5) is 0 Å². The van der Waals surface area contributed by atoms with Gasteiger partial charge in [0.25, 0.3) is 0 Å². The van der Waals surface area contributed by atoms with E-state index in [2.05, 4.69) is 11.8 Å². The molecule has 1 N–H and O–H groups in total. The van der Waals surface area contributed by atoms with Crippen molar-refractivity contribution < 1.29 is 5.11 Å². The summed E-state index contributed by atoms with van der Waals surface area (Å²) in [7, 11) is 0. The summed E-state index contributed by atoms with van der Waals surface area (Å²) in [6.45, 7) is 5.11. The molecule has 2 fully saturated rings. The van der Waals surface area contributed by atoms with Crippen LogP contribution in [0.5, 0.6) is 0 Å². The zero-order valence-electron chi connectivity index (χ0n) is 9.28. The van der Waals surface area contributed by atoms with Crippen molar-refractivity contribution in [2.24, 2.45) is 11.8 Å². The Hall–Kier alpha value is -0.0800. The molecule has 2 nitrogen and oxygen atoms in total. The molecule has 1 saturated carbocycles. The number of likely N-dealkylation sites (tertiary alicyclic amines) is 1. The van der Waals surface area contributed by atoms with Crippen molar-refractivity contribution in [1.29, 1.82) is 0 Å². The summed E-state index contributed by atoms with van der Waals surface area (Å²) in [5.74, 6) is 1.49. The maximum Gasteiger partial charge on any atom is 0.0471 e. The van der Waals surface area contributed by atoms with Gasteiger partial charge in [-0.15, -0.1) is 0 Å². The number of hydrogen-bond donors (Lipinski definition) is 1. The SMILES string of the molecule is CC(C1CCCC1)N1CCC(CO)C1. The lowest BCUT2D eigenvalue weighted by molar-refractivity contribution is 0.169. The van der Waals surface area contributed by atoms with Gasteiger partial charge in [0.2, 0.25) is 0 Å². The van der Waals surface area contributed by atoms with Crippen molar-refractivity contribution in [3.63, 3.8) is 0 Å². The summed E-state index contributed by atoms with van der Waals surface area (Å²) in [6, 6.07) is 0.758. The quantitative estimate of drug-likeness (QED) is 0.746. The van der Waals surface area contributed by atoms with E-state index in [9.17, 15) is 0 Å². The molecule has 0 bridgehead atoms. The van der Waals surface area contributed by atoms with Crippen molar-refractivity contribution in [2.75, 3.05) is 19.7 Å². The summed E-state index contributed by atoms with van der Waals surface area (Å²) < 4.78 is 0. The molecular weight excluding hydrogens is 174 g/mol. The zero-order valence-corrected chi connectivity index (χ0v) is 9.28. The normalized spacial score (nSPS) is 32.6. The molecule has 0 aromatic rings. The minimum atomic E-state index is 0.383. The van der Waals surface area contributed by atoms with E-state index in [1.54, 1.807) is 0 Å². The maximum absolute atomic E-state index is 9.10. The molecule has 2 unspecified atom stereocenters. The van der Waals surface area contributed by atoms with Gasteiger partial charge in [-0.3, -0.25) is 0 Å². The average molecular weight is 197 g/mol. The number of hydrogen-bond acceptors (Lipinski definition) is 2. The van der Waals surface area contributed by atoms with E-state index in [-0.39, 0.29) is 0 Å². The molecule has 0 radical (unpaired) electrons. The van der Waals surface area contributed by atoms with E-state index in [0.29, 0.717) is 12.5 Å². The highest BCUT2D eigenvalue weighted by Crippen LogP contribution is 2.32. The Morgan fingerprint density at radius 3 is 2.57 bits per heavy atom. The number of aliphatic hydroxyl groups is 1. The lowest BCUT2D eigenvalue weighted by Crippen LogP contribution is -2.36. The summed E-state index contributed by atoms with van der Waals surface area (Å²) in [5.41, 5.74) is 0. The average Bonchev–Trinajstić information content (AvgIpc) is 2.88. The molecule has 0 spiro atoms. The molecule has 2 aliphatic rings. The first-order valence-corrected chi connectivity index (χ1v) is 6.16. The fourth-order valence-corrected chi connectivity index (χ4v) is 3.12. The molecule has 1 heterocycles. The fourth-order valence-electron chi connectivity index (χ4n) is 3.12. The lowest BCUT2D eigenvalue weighted by Gasteiger charge is -2.29. The summed E-state index contributed by atoms with van der Waals surface area (Å²) in [6.07, 6.45) is 6.94. The van der Waals surface area contributed by atoms with Gasteiger partial charge in [0.15, 0.2) is 0 Å². The van der Waals surface area contributed by atoms with E-state index < -0.39 is 0 Å². The van der Waals surface area contributed by atoms with Crippen LogP contribution in [0.2, 0.25) is 0 Å². The highest BCUT2D eigenvalue weighted by atomic mass is 16.3. The number of aliphatic hydroxyl groups excluding tert-OH is 1. The predicted molar refractivity (Wildman–Crippen MR) is 58.2 cm³/mol. The van der Waals surface area contributed by atoms with Gasteiger partial charge in [0.05, 0.1) is 0 Å². The van der Waals surface area contributed by atoms with Gasteiger partial charge >= 0.3 is 0 Å². The molecule has 1 saturated heterocycles. The van der Waals surface area contributed by atoms with Crippen molar-refractivity contribution in [3.8, 4) is 0 Å². The standard InChI is InChI=1S/C12H23NO/c1-10(12-4-2-3-5-12)13-7-6-11(8-13)9-14/h10-12,14H,2-9H2,1H3. The summed E-state index contributed by atoms with van der Waals surface area (Å²) in [5, 5.41) is 9.10. The Balaban J connectivity index is 1.83. The maximum atomic E-state index is 9.10. The molecule has 0 aromatic heterocycles. The highest BCUT2D eigenvalue weighted by molar-refractivity contribution is 4.84. The minimum absolute atomic E-state index is 0.383. The van der Waals surface area contributed by atoms with Crippen molar-refractivity contribution in [2.45, 2.75) is 45.1 Å². The molecule has 1 aliphatic carbocycles. The molecule has 0 amide bonds. The van der Waals surface area contributed by atoms with Crippen molar-refractivity contribution in [3.05, 3.63) is 0 Å². The first-order chi connectivity index (χ1) is 6.81. The van der Waals surface area contributed by atoms with Crippen LogP contribution in [0.15, 0.2) is 0 Å². The van der Waals surface area contributed by atoms with Crippen LogP contribution < -0.4 is 0 Å². The molecule has 14 heavy (non-hydrogen) atoms. The third kappa shape index (κ3) is 2.12. The van der Waals surface area contributed by atoms with Gasteiger partial charge in [-0.05, 0) is 44.6 Å². The van der Waals surface area contributed by atoms with Crippen LogP contribution in [0.3, 0.4) is 0 Å². The predicted octanol–water partition coefficient (Wildman–Crippen LogP) is 1.88. The lowest BCUT2D eigenvalue weighted by atomic mass is 9.98. The second-order valence-corrected chi connectivity index (χ2v) is 5.12. The Kier molecular flexibility index (Phi) is 3.45. The first kappa shape index (κ1) is 10.4. The Morgan fingerprint density at radius 1 is 1.29 bits per heavy atom. The molecular formula is C12H23NO. The van der Waals surface area contributed by atoms with Crippen LogP contribution in [-0.4, -0.2) is 35.7 Å². The van der Waals surface area contributed by atoms with Gasteiger partial charge in [-0.25, -0.2) is 0 Å². The van der Waals surface area contributed by atoms with Gasteiger partial charge < -0.3 is 10.0 Å². The van der Waals surface area contributed by atoms with Gasteiger partial charge in [0.1, 0.15) is 0 Å². The smallest absolute Gasteiger partial charge is 0.0471 e. The third-order valence-corrected chi connectivity index (χ3v) is 4.23. The molecule has 2 atom stereocenters. The number of nitrogens with zero attached hydrogens (tertiary/aromatic N) is 1. The molecule has 82 valence electrons. The molecule has 1 aliphatic heterocycles. The Labute approximate surface area is 87.3 Å². The van der Waals surface area contributed by atoms with Gasteiger partial charge in [-0.1, -0.05) is 12.8 Å². The summed E-state index contributed by atoms with van der Waals surface area (Å²) >= 11 is 0. The van der Waals surface area contributed by atoms with Crippen LogP contribution >= 0.6 is 0 Å². The largest absolute Gasteiger partial charge is 0.396 e. The zero-order chi connectivity index (χ0) is 9.97. The minimum Gasteiger partial charge on any atom is -0.396 e. The molecule has 0 aromatic carbocycles.